The number of hydrogen-bond acceptors (Lipinski definition) is 3. The van der Waals surface area contributed by atoms with Gasteiger partial charge in [0.1, 0.15) is 6.61 Å². The van der Waals surface area contributed by atoms with Crippen molar-refractivity contribution in [2.45, 2.75) is 18.9 Å². The number of carbonyl (C=O) groups is 1. The Morgan fingerprint density at radius 3 is 2.41 bits per heavy atom. The number of carbonyl (C=O) groups excluding carboxylic acids is 1. The average molecular weight is 238 g/mol. The second kappa shape index (κ2) is 8.03. The van der Waals surface area contributed by atoms with Gasteiger partial charge >= 0.3 is 0 Å². The number of hydrogen-bond donors (Lipinski definition) is 1. The van der Waals surface area contributed by atoms with Crippen molar-refractivity contribution in [1.82, 2.24) is 10.2 Å². The van der Waals surface area contributed by atoms with Crippen molar-refractivity contribution in [2.75, 3.05) is 32.8 Å². The van der Waals surface area contributed by atoms with Crippen molar-refractivity contribution >= 4 is 5.91 Å². The topological polar surface area (TPSA) is 41.6 Å². The molecule has 1 aliphatic heterocycles. The van der Waals surface area contributed by atoms with Gasteiger partial charge in [-0.1, -0.05) is 12.2 Å². The summed E-state index contributed by atoms with van der Waals surface area (Å²) in [6, 6.07) is 0. The maximum absolute atomic E-state index is 11.9. The molecule has 1 N–H and O–H groups in total. The van der Waals surface area contributed by atoms with Gasteiger partial charge in [-0.2, -0.15) is 0 Å². The van der Waals surface area contributed by atoms with Gasteiger partial charge < -0.3 is 15.0 Å². The molecule has 4 nitrogen and oxygen atoms in total. The zero-order valence-electron chi connectivity index (χ0n) is 10.4. The van der Waals surface area contributed by atoms with E-state index in [0.717, 1.165) is 25.9 Å². The van der Waals surface area contributed by atoms with Crippen LogP contribution in [0.15, 0.2) is 25.3 Å². The van der Waals surface area contributed by atoms with Crippen LogP contribution in [0.5, 0.6) is 0 Å². The maximum atomic E-state index is 11.9. The van der Waals surface area contributed by atoms with E-state index in [2.05, 4.69) is 18.5 Å². The molecule has 0 saturated carbocycles. The molecule has 1 saturated heterocycles. The van der Waals surface area contributed by atoms with Gasteiger partial charge in [0.2, 0.25) is 5.91 Å². The summed E-state index contributed by atoms with van der Waals surface area (Å²) in [5.74, 6) is 0.00309. The van der Waals surface area contributed by atoms with Crippen LogP contribution in [0, 0.1) is 0 Å². The highest BCUT2D eigenvalue weighted by Crippen LogP contribution is 2.07. The summed E-state index contributed by atoms with van der Waals surface area (Å²) < 4.78 is 5.62. The summed E-state index contributed by atoms with van der Waals surface area (Å²) in [5.41, 5.74) is 0. The molecule has 1 amide bonds. The Morgan fingerprint density at radius 2 is 1.88 bits per heavy atom. The molecule has 0 atom stereocenters. The van der Waals surface area contributed by atoms with Gasteiger partial charge in [0.25, 0.3) is 0 Å². The molecule has 1 heterocycles. The van der Waals surface area contributed by atoms with Gasteiger partial charge in [-0.15, -0.1) is 13.2 Å². The van der Waals surface area contributed by atoms with Crippen LogP contribution >= 0.6 is 0 Å². The number of amides is 1. The predicted octanol–water partition coefficient (Wildman–Crippen LogP) is 0.956. The van der Waals surface area contributed by atoms with Crippen LogP contribution in [0.2, 0.25) is 0 Å². The van der Waals surface area contributed by atoms with Gasteiger partial charge in [-0.25, -0.2) is 0 Å². The van der Waals surface area contributed by atoms with Crippen LogP contribution in [0.4, 0.5) is 0 Å². The highest BCUT2D eigenvalue weighted by atomic mass is 16.5. The molecule has 0 aromatic rings. The van der Waals surface area contributed by atoms with E-state index in [1.165, 1.54) is 0 Å². The fourth-order valence-electron chi connectivity index (χ4n) is 1.83. The van der Waals surface area contributed by atoms with E-state index in [1.807, 2.05) is 0 Å². The first-order valence-electron chi connectivity index (χ1n) is 6.09. The molecule has 0 aromatic heterocycles. The summed E-state index contributed by atoms with van der Waals surface area (Å²) in [7, 11) is 0. The SMILES string of the molecule is C=CCN(CC=C)C(=O)COC1CCNCC1. The number of rotatable bonds is 7. The summed E-state index contributed by atoms with van der Waals surface area (Å²) in [6.45, 7) is 10.5. The normalized spacial score (nSPS) is 16.5. The quantitative estimate of drug-likeness (QED) is 0.672. The summed E-state index contributed by atoms with van der Waals surface area (Å²) in [5, 5.41) is 3.26. The van der Waals surface area contributed by atoms with Crippen LogP contribution in [0.1, 0.15) is 12.8 Å². The Bertz CT molecular complexity index is 250. The lowest BCUT2D eigenvalue weighted by atomic mass is 10.1. The Balaban J connectivity index is 2.29. The Kier molecular flexibility index (Phi) is 6.58. The van der Waals surface area contributed by atoms with Gasteiger partial charge in [0.05, 0.1) is 6.10 Å². The van der Waals surface area contributed by atoms with Crippen LogP contribution in [0.25, 0.3) is 0 Å². The minimum absolute atomic E-state index is 0.00309. The largest absolute Gasteiger partial charge is 0.368 e. The molecule has 1 aliphatic rings. The van der Waals surface area contributed by atoms with E-state index in [1.54, 1.807) is 17.1 Å². The third kappa shape index (κ3) is 5.15. The predicted molar refractivity (Wildman–Crippen MR) is 68.8 cm³/mol. The Hall–Kier alpha value is -1.13. The standard InChI is InChI=1S/C13H22N2O2/c1-3-9-15(10-4-2)13(16)11-17-12-5-7-14-8-6-12/h3-4,12,14H,1-2,5-11H2. The lowest BCUT2D eigenvalue weighted by Crippen LogP contribution is -2.38. The van der Waals surface area contributed by atoms with E-state index in [9.17, 15) is 4.79 Å². The van der Waals surface area contributed by atoms with Gasteiger partial charge in [0.15, 0.2) is 0 Å². The van der Waals surface area contributed by atoms with Gasteiger partial charge in [-0.05, 0) is 25.9 Å². The van der Waals surface area contributed by atoms with E-state index < -0.39 is 0 Å². The number of ether oxygens (including phenoxy) is 1. The molecule has 0 bridgehead atoms. The monoisotopic (exact) mass is 238 g/mol. The average Bonchev–Trinajstić information content (AvgIpc) is 2.37. The third-order valence-electron chi connectivity index (χ3n) is 2.78. The third-order valence-corrected chi connectivity index (χ3v) is 2.78. The van der Waals surface area contributed by atoms with Crippen molar-refractivity contribution in [1.29, 1.82) is 0 Å². The summed E-state index contributed by atoms with van der Waals surface area (Å²) >= 11 is 0. The smallest absolute Gasteiger partial charge is 0.249 e. The van der Waals surface area contributed by atoms with Gasteiger partial charge in [-0.3, -0.25) is 4.79 Å². The van der Waals surface area contributed by atoms with Gasteiger partial charge in [0, 0.05) is 13.1 Å². The zero-order valence-corrected chi connectivity index (χ0v) is 10.4. The van der Waals surface area contributed by atoms with Crippen LogP contribution < -0.4 is 5.32 Å². The number of nitrogens with zero attached hydrogens (tertiary/aromatic N) is 1. The lowest BCUT2D eigenvalue weighted by Gasteiger charge is -2.25. The Morgan fingerprint density at radius 1 is 1.29 bits per heavy atom. The highest BCUT2D eigenvalue weighted by molar-refractivity contribution is 5.77. The maximum Gasteiger partial charge on any atom is 0.249 e. The minimum Gasteiger partial charge on any atom is -0.368 e. The van der Waals surface area contributed by atoms with E-state index in [4.69, 9.17) is 4.74 Å². The highest BCUT2D eigenvalue weighted by Gasteiger charge is 2.17. The van der Waals surface area contributed by atoms with Crippen molar-refractivity contribution in [2.24, 2.45) is 0 Å². The number of nitrogens with one attached hydrogen (secondary N) is 1. The van der Waals surface area contributed by atoms with Crippen molar-refractivity contribution in [3.63, 3.8) is 0 Å². The molecule has 17 heavy (non-hydrogen) atoms. The first-order chi connectivity index (χ1) is 8.27. The molecular formula is C13H22N2O2. The van der Waals surface area contributed by atoms with E-state index in [0.29, 0.717) is 13.1 Å². The van der Waals surface area contributed by atoms with Crippen LogP contribution in [-0.4, -0.2) is 49.7 Å². The van der Waals surface area contributed by atoms with E-state index in [-0.39, 0.29) is 18.6 Å². The molecule has 0 radical (unpaired) electrons. The van der Waals surface area contributed by atoms with E-state index >= 15 is 0 Å². The zero-order chi connectivity index (χ0) is 12.5. The molecule has 0 unspecified atom stereocenters. The fourth-order valence-corrected chi connectivity index (χ4v) is 1.83. The molecular weight excluding hydrogens is 216 g/mol. The molecule has 0 spiro atoms. The molecule has 1 rings (SSSR count). The second-order valence-electron chi connectivity index (χ2n) is 4.14. The number of piperidine rings is 1. The summed E-state index contributed by atoms with van der Waals surface area (Å²) in [6.07, 6.45) is 5.61. The Labute approximate surface area is 103 Å². The fraction of sp³-hybridized carbons (Fsp3) is 0.615. The first kappa shape index (κ1) is 13.9. The van der Waals surface area contributed by atoms with Crippen molar-refractivity contribution in [3.05, 3.63) is 25.3 Å². The summed E-state index contributed by atoms with van der Waals surface area (Å²) in [4.78, 5) is 13.5. The molecule has 4 heteroatoms. The van der Waals surface area contributed by atoms with Crippen LogP contribution in [0.3, 0.4) is 0 Å². The van der Waals surface area contributed by atoms with Crippen LogP contribution in [-0.2, 0) is 9.53 Å². The molecule has 96 valence electrons. The molecule has 0 aromatic carbocycles. The molecule has 1 fully saturated rings. The van der Waals surface area contributed by atoms with Crippen molar-refractivity contribution < 1.29 is 9.53 Å². The van der Waals surface area contributed by atoms with Crippen molar-refractivity contribution in [3.8, 4) is 0 Å². The first-order valence-corrected chi connectivity index (χ1v) is 6.09. The lowest BCUT2D eigenvalue weighted by molar-refractivity contribution is -0.137. The minimum atomic E-state index is 0.00309. The molecule has 0 aliphatic carbocycles. The second-order valence-corrected chi connectivity index (χ2v) is 4.14.